The first-order chi connectivity index (χ1) is 16.6. The molecule has 8 heteroatoms. The largest absolute Gasteiger partial charge is 0.471 e. The Morgan fingerprint density at radius 3 is 2.63 bits per heavy atom. The fourth-order valence-electron chi connectivity index (χ4n) is 4.16. The third kappa shape index (κ3) is 5.53. The average Bonchev–Trinajstić information content (AvgIpc) is 3.18. The van der Waals surface area contributed by atoms with Crippen molar-refractivity contribution in [3.05, 3.63) is 88.4 Å². The number of aromatic nitrogens is 2. The molecule has 182 valence electrons. The van der Waals surface area contributed by atoms with Crippen LogP contribution in [0.2, 0.25) is 0 Å². The number of aryl methyl sites for hydroxylation is 2. The molecule has 1 aliphatic rings. The maximum Gasteiger partial charge on any atom is 0.278 e. The van der Waals surface area contributed by atoms with E-state index in [1.54, 1.807) is 24.0 Å². The van der Waals surface area contributed by atoms with Crippen molar-refractivity contribution in [2.45, 2.75) is 52.1 Å². The molecule has 0 radical (unpaired) electrons. The van der Waals surface area contributed by atoms with Crippen LogP contribution in [0.3, 0.4) is 0 Å². The third-order valence-electron chi connectivity index (χ3n) is 6.09. The lowest BCUT2D eigenvalue weighted by molar-refractivity contribution is -0.0244. The number of hydrogen-bond acceptors (Lipinski definition) is 5. The van der Waals surface area contributed by atoms with Gasteiger partial charge in [-0.05, 0) is 43.5 Å². The van der Waals surface area contributed by atoms with E-state index in [0.717, 1.165) is 18.1 Å². The molecule has 1 aromatic carbocycles. The van der Waals surface area contributed by atoms with Gasteiger partial charge in [-0.25, -0.2) is 13.8 Å². The first kappa shape index (κ1) is 24.4. The van der Waals surface area contributed by atoms with Gasteiger partial charge in [-0.15, -0.1) is 0 Å². The third-order valence-corrected chi connectivity index (χ3v) is 6.09. The van der Waals surface area contributed by atoms with Crippen LogP contribution in [-0.2, 0) is 13.0 Å². The van der Waals surface area contributed by atoms with E-state index in [-0.39, 0.29) is 30.2 Å². The summed E-state index contributed by atoms with van der Waals surface area (Å²) in [5.41, 5.74) is 3.85. The van der Waals surface area contributed by atoms with Gasteiger partial charge in [0.05, 0.1) is 6.04 Å². The van der Waals surface area contributed by atoms with Crippen LogP contribution in [0.4, 0.5) is 8.78 Å². The van der Waals surface area contributed by atoms with Crippen molar-refractivity contribution in [2.24, 2.45) is 0 Å². The summed E-state index contributed by atoms with van der Waals surface area (Å²) in [5, 5.41) is 0. The van der Waals surface area contributed by atoms with Gasteiger partial charge in [0.1, 0.15) is 5.69 Å². The predicted molar refractivity (Wildman–Crippen MR) is 127 cm³/mol. The fourth-order valence-corrected chi connectivity index (χ4v) is 4.16. The summed E-state index contributed by atoms with van der Waals surface area (Å²) in [6.07, 6.45) is 3.93. The highest BCUT2D eigenvalue weighted by molar-refractivity contribution is 6.04. The number of amides is 1. The van der Waals surface area contributed by atoms with Crippen LogP contribution in [0.15, 0.2) is 54.9 Å². The van der Waals surface area contributed by atoms with Crippen LogP contribution < -0.4 is 4.74 Å². The molecule has 4 rings (SSSR count). The van der Waals surface area contributed by atoms with Crippen molar-refractivity contribution in [1.29, 1.82) is 0 Å². The minimum Gasteiger partial charge on any atom is -0.471 e. The Bertz CT molecular complexity index is 1240. The van der Waals surface area contributed by atoms with Crippen LogP contribution in [-0.4, -0.2) is 39.1 Å². The van der Waals surface area contributed by atoms with E-state index >= 15 is 0 Å². The number of ether oxygens (including phenoxy) is 1. The summed E-state index contributed by atoms with van der Waals surface area (Å²) in [7, 11) is 0. The quantitative estimate of drug-likeness (QED) is 0.387. The number of fused-ring (bicyclic) bond motifs is 1. The summed E-state index contributed by atoms with van der Waals surface area (Å²) in [5.74, 6) is -3.11. The number of pyridine rings is 2. The number of alkyl halides is 2. The zero-order chi connectivity index (χ0) is 25.2. The standard InChI is InChI=1S/C27H27F2N3O3/c1-17-13-20(14-31-25(17)35-16-27(3,28)29)18(2)32-15-22-21(26(32)34)11-12-30-24(22)23(33)10-9-19-7-5-4-6-8-19/h4-8,11-14,18H,9-10,15-16H2,1-3H3. The first-order valence-electron chi connectivity index (χ1n) is 11.5. The molecule has 0 aliphatic carbocycles. The second kappa shape index (κ2) is 9.90. The van der Waals surface area contributed by atoms with E-state index < -0.39 is 12.5 Å². The number of halogens is 2. The van der Waals surface area contributed by atoms with Gasteiger partial charge in [-0.3, -0.25) is 14.6 Å². The van der Waals surface area contributed by atoms with Gasteiger partial charge in [0.2, 0.25) is 5.88 Å². The summed E-state index contributed by atoms with van der Waals surface area (Å²) < 4.78 is 31.4. The molecule has 0 fully saturated rings. The van der Waals surface area contributed by atoms with Crippen molar-refractivity contribution in [1.82, 2.24) is 14.9 Å². The number of hydrogen-bond donors (Lipinski definition) is 0. The Kier molecular flexibility index (Phi) is 6.91. The number of Topliss-reactive ketones (excluding diaryl/α,β-unsaturated/α-hetero) is 1. The number of benzene rings is 1. The number of carbonyl (C=O) groups is 2. The lowest BCUT2D eigenvalue weighted by Gasteiger charge is -2.25. The molecule has 1 aliphatic heterocycles. The molecule has 1 atom stereocenters. The molecule has 0 saturated carbocycles. The summed E-state index contributed by atoms with van der Waals surface area (Å²) >= 11 is 0. The highest BCUT2D eigenvalue weighted by Gasteiger charge is 2.35. The van der Waals surface area contributed by atoms with E-state index in [4.69, 9.17) is 4.74 Å². The van der Waals surface area contributed by atoms with Gasteiger partial charge in [0.15, 0.2) is 12.4 Å². The zero-order valence-electron chi connectivity index (χ0n) is 19.9. The Labute approximate surface area is 203 Å². The van der Waals surface area contributed by atoms with Crippen LogP contribution in [0, 0.1) is 6.92 Å². The molecular formula is C27H27F2N3O3. The molecule has 2 aromatic heterocycles. The lowest BCUT2D eigenvalue weighted by Crippen LogP contribution is -2.27. The average molecular weight is 480 g/mol. The Hall–Kier alpha value is -3.68. The van der Waals surface area contributed by atoms with Crippen LogP contribution in [0.1, 0.15) is 69.4 Å². The Morgan fingerprint density at radius 1 is 1.20 bits per heavy atom. The van der Waals surface area contributed by atoms with E-state index in [9.17, 15) is 18.4 Å². The molecule has 1 amide bonds. The SMILES string of the molecule is Cc1cc(C(C)N2Cc3c(ccnc3C(=O)CCc3ccccc3)C2=O)cnc1OCC(C)(F)F. The van der Waals surface area contributed by atoms with Gasteiger partial charge in [-0.1, -0.05) is 30.3 Å². The van der Waals surface area contributed by atoms with E-state index in [1.807, 2.05) is 37.3 Å². The Balaban J connectivity index is 1.49. The number of rotatable bonds is 9. The number of ketones is 1. The number of carbonyl (C=O) groups excluding carboxylic acids is 2. The number of nitrogens with zero attached hydrogens (tertiary/aromatic N) is 3. The molecule has 0 bridgehead atoms. The van der Waals surface area contributed by atoms with Gasteiger partial charge in [0, 0.05) is 49.0 Å². The van der Waals surface area contributed by atoms with Gasteiger partial charge in [0.25, 0.3) is 11.8 Å². The molecule has 0 saturated heterocycles. The molecule has 6 nitrogen and oxygen atoms in total. The van der Waals surface area contributed by atoms with E-state index in [1.165, 1.54) is 12.4 Å². The molecule has 0 spiro atoms. The van der Waals surface area contributed by atoms with Crippen LogP contribution in [0.25, 0.3) is 0 Å². The second-order valence-corrected chi connectivity index (χ2v) is 8.95. The van der Waals surface area contributed by atoms with E-state index in [2.05, 4.69) is 9.97 Å². The van der Waals surface area contributed by atoms with Crippen LogP contribution >= 0.6 is 0 Å². The molecular weight excluding hydrogens is 452 g/mol. The predicted octanol–water partition coefficient (Wildman–Crippen LogP) is 5.35. The van der Waals surface area contributed by atoms with Crippen molar-refractivity contribution in [3.8, 4) is 5.88 Å². The van der Waals surface area contributed by atoms with Crippen LogP contribution in [0.5, 0.6) is 5.88 Å². The maximum absolute atomic E-state index is 13.2. The molecule has 3 heterocycles. The minimum absolute atomic E-state index is 0.0975. The van der Waals surface area contributed by atoms with Gasteiger partial charge in [-0.2, -0.15) is 0 Å². The zero-order valence-corrected chi connectivity index (χ0v) is 19.9. The van der Waals surface area contributed by atoms with Crippen molar-refractivity contribution < 1.29 is 23.1 Å². The molecule has 3 aromatic rings. The van der Waals surface area contributed by atoms with Gasteiger partial charge < -0.3 is 9.64 Å². The monoisotopic (exact) mass is 479 g/mol. The van der Waals surface area contributed by atoms with Gasteiger partial charge >= 0.3 is 0 Å². The maximum atomic E-state index is 13.2. The molecule has 0 N–H and O–H groups in total. The summed E-state index contributed by atoms with van der Waals surface area (Å²) in [6, 6.07) is 12.8. The van der Waals surface area contributed by atoms with Crippen molar-refractivity contribution in [3.63, 3.8) is 0 Å². The minimum atomic E-state index is -2.96. The van der Waals surface area contributed by atoms with Crippen molar-refractivity contribution in [2.75, 3.05) is 6.61 Å². The highest BCUT2D eigenvalue weighted by Crippen LogP contribution is 2.33. The Morgan fingerprint density at radius 2 is 1.94 bits per heavy atom. The van der Waals surface area contributed by atoms with Crippen molar-refractivity contribution >= 4 is 11.7 Å². The lowest BCUT2D eigenvalue weighted by atomic mass is 10.0. The second-order valence-electron chi connectivity index (χ2n) is 8.95. The highest BCUT2D eigenvalue weighted by atomic mass is 19.3. The topological polar surface area (TPSA) is 72.4 Å². The molecule has 35 heavy (non-hydrogen) atoms. The fraction of sp³-hybridized carbons (Fsp3) is 0.333. The molecule has 1 unspecified atom stereocenters. The van der Waals surface area contributed by atoms with E-state index in [0.29, 0.717) is 35.2 Å². The smallest absolute Gasteiger partial charge is 0.278 e. The summed E-state index contributed by atoms with van der Waals surface area (Å²) in [4.78, 5) is 36.3. The first-order valence-corrected chi connectivity index (χ1v) is 11.5. The normalized spacial score (nSPS) is 14.1. The summed E-state index contributed by atoms with van der Waals surface area (Å²) in [6.45, 7) is 3.87.